The monoisotopic (exact) mass is 494 g/mol. The standard InChI is InChI=1S/C28H31ClN2O2S/c1-3-30-28(33)26(17-22-11-5-4-6-12-22)31(18-23-13-9-15-25(29)16-23)27(32)20-34-19-24-14-8-7-10-21(24)2/h4-16,26H,3,17-20H2,1-2H3,(H,30,33). The van der Waals surface area contributed by atoms with Gasteiger partial charge in [0.25, 0.3) is 0 Å². The Kier molecular flexibility index (Phi) is 10.0. The van der Waals surface area contributed by atoms with Crippen LogP contribution in [0.2, 0.25) is 5.02 Å². The summed E-state index contributed by atoms with van der Waals surface area (Å²) < 4.78 is 0. The lowest BCUT2D eigenvalue weighted by molar-refractivity contribution is -0.139. The molecule has 6 heteroatoms. The van der Waals surface area contributed by atoms with E-state index in [0.29, 0.717) is 30.3 Å². The number of hydrogen-bond acceptors (Lipinski definition) is 3. The van der Waals surface area contributed by atoms with Crippen molar-refractivity contribution in [3.05, 3.63) is 106 Å². The van der Waals surface area contributed by atoms with Gasteiger partial charge in [-0.1, -0.05) is 78.3 Å². The van der Waals surface area contributed by atoms with Gasteiger partial charge in [-0.15, -0.1) is 11.8 Å². The normalized spacial score (nSPS) is 11.6. The van der Waals surface area contributed by atoms with Crippen LogP contribution < -0.4 is 5.32 Å². The maximum Gasteiger partial charge on any atom is 0.243 e. The minimum Gasteiger partial charge on any atom is -0.355 e. The molecule has 1 unspecified atom stereocenters. The van der Waals surface area contributed by atoms with Crippen LogP contribution in [0.3, 0.4) is 0 Å². The van der Waals surface area contributed by atoms with Gasteiger partial charge in [0.05, 0.1) is 5.75 Å². The average molecular weight is 495 g/mol. The van der Waals surface area contributed by atoms with Gasteiger partial charge in [0.1, 0.15) is 6.04 Å². The van der Waals surface area contributed by atoms with Crippen molar-refractivity contribution in [3.63, 3.8) is 0 Å². The molecule has 0 aromatic heterocycles. The highest BCUT2D eigenvalue weighted by atomic mass is 35.5. The van der Waals surface area contributed by atoms with Crippen LogP contribution in [0, 0.1) is 6.92 Å². The minimum atomic E-state index is -0.618. The highest BCUT2D eigenvalue weighted by Gasteiger charge is 2.30. The van der Waals surface area contributed by atoms with Crippen LogP contribution in [0.1, 0.15) is 29.2 Å². The number of aryl methyl sites for hydroxylation is 1. The maximum absolute atomic E-state index is 13.5. The Morgan fingerprint density at radius 3 is 2.38 bits per heavy atom. The van der Waals surface area contributed by atoms with E-state index in [1.165, 1.54) is 11.1 Å². The Bertz CT molecular complexity index is 1090. The molecule has 4 nitrogen and oxygen atoms in total. The molecule has 0 radical (unpaired) electrons. The van der Waals surface area contributed by atoms with Crippen LogP contribution >= 0.6 is 23.4 Å². The first-order chi connectivity index (χ1) is 16.5. The molecular formula is C28H31ClN2O2S. The fraction of sp³-hybridized carbons (Fsp3) is 0.286. The van der Waals surface area contributed by atoms with Crippen LogP contribution in [0.4, 0.5) is 0 Å². The van der Waals surface area contributed by atoms with Gasteiger partial charge in [0.15, 0.2) is 0 Å². The summed E-state index contributed by atoms with van der Waals surface area (Å²) in [6.45, 7) is 4.79. The van der Waals surface area contributed by atoms with E-state index in [9.17, 15) is 9.59 Å². The number of likely N-dealkylation sites (N-methyl/N-ethyl adjacent to an activating group) is 1. The maximum atomic E-state index is 13.5. The summed E-state index contributed by atoms with van der Waals surface area (Å²) in [6.07, 6.45) is 0.446. The van der Waals surface area contributed by atoms with Gasteiger partial charge in [-0.25, -0.2) is 0 Å². The zero-order valence-corrected chi connectivity index (χ0v) is 21.2. The molecule has 3 aromatic carbocycles. The largest absolute Gasteiger partial charge is 0.355 e. The summed E-state index contributed by atoms with van der Waals surface area (Å²) in [4.78, 5) is 28.4. The van der Waals surface area contributed by atoms with Crippen LogP contribution in [0.5, 0.6) is 0 Å². The van der Waals surface area contributed by atoms with Crippen molar-refractivity contribution in [2.24, 2.45) is 0 Å². The molecule has 0 aliphatic rings. The molecule has 3 aromatic rings. The van der Waals surface area contributed by atoms with E-state index < -0.39 is 6.04 Å². The van der Waals surface area contributed by atoms with Gasteiger partial charge in [0, 0.05) is 30.3 Å². The molecule has 1 atom stereocenters. The molecule has 0 spiro atoms. The lowest BCUT2D eigenvalue weighted by Gasteiger charge is -2.31. The van der Waals surface area contributed by atoms with Crippen LogP contribution in [0.15, 0.2) is 78.9 Å². The summed E-state index contributed by atoms with van der Waals surface area (Å²) >= 11 is 7.78. The summed E-state index contributed by atoms with van der Waals surface area (Å²) in [6, 6.07) is 24.9. The highest BCUT2D eigenvalue weighted by molar-refractivity contribution is 7.99. The van der Waals surface area contributed by atoms with Gasteiger partial charge in [-0.05, 0) is 48.2 Å². The molecule has 2 amide bonds. The number of benzene rings is 3. The number of rotatable bonds is 11. The van der Waals surface area contributed by atoms with E-state index in [0.717, 1.165) is 16.9 Å². The van der Waals surface area contributed by atoms with Crippen molar-refractivity contribution in [2.45, 2.75) is 38.6 Å². The average Bonchev–Trinajstić information content (AvgIpc) is 2.83. The first-order valence-corrected chi connectivity index (χ1v) is 13.0. The number of amides is 2. The number of thioether (sulfide) groups is 1. The fourth-order valence-electron chi connectivity index (χ4n) is 3.78. The molecule has 0 heterocycles. The van der Waals surface area contributed by atoms with Crippen molar-refractivity contribution in [1.82, 2.24) is 10.2 Å². The predicted molar refractivity (Wildman–Crippen MR) is 142 cm³/mol. The van der Waals surface area contributed by atoms with Crippen molar-refractivity contribution < 1.29 is 9.59 Å². The lowest BCUT2D eigenvalue weighted by atomic mass is 10.0. The van der Waals surface area contributed by atoms with E-state index in [4.69, 9.17) is 11.6 Å². The fourth-order valence-corrected chi connectivity index (χ4v) is 4.98. The van der Waals surface area contributed by atoms with Gasteiger partial charge in [0.2, 0.25) is 11.8 Å². The van der Waals surface area contributed by atoms with Gasteiger partial charge in [-0.2, -0.15) is 0 Å². The van der Waals surface area contributed by atoms with Crippen LogP contribution in [-0.2, 0) is 28.3 Å². The van der Waals surface area contributed by atoms with E-state index in [-0.39, 0.29) is 11.8 Å². The third-order valence-corrected chi connectivity index (χ3v) is 6.81. The molecule has 1 N–H and O–H groups in total. The number of halogens is 1. The Morgan fingerprint density at radius 1 is 0.971 bits per heavy atom. The Morgan fingerprint density at radius 2 is 1.68 bits per heavy atom. The number of nitrogens with one attached hydrogen (secondary N) is 1. The summed E-state index contributed by atoms with van der Waals surface area (Å²) in [7, 11) is 0. The molecule has 34 heavy (non-hydrogen) atoms. The second kappa shape index (κ2) is 13.2. The molecular weight excluding hydrogens is 464 g/mol. The molecule has 0 saturated carbocycles. The molecule has 0 saturated heterocycles. The molecule has 0 bridgehead atoms. The second-order valence-electron chi connectivity index (χ2n) is 8.17. The van der Waals surface area contributed by atoms with Crippen LogP contribution in [0.25, 0.3) is 0 Å². The Hall–Kier alpha value is -2.76. The zero-order valence-electron chi connectivity index (χ0n) is 19.7. The number of nitrogens with zero attached hydrogens (tertiary/aromatic N) is 1. The highest BCUT2D eigenvalue weighted by Crippen LogP contribution is 2.21. The summed E-state index contributed by atoms with van der Waals surface area (Å²) in [5.74, 6) is 0.824. The summed E-state index contributed by atoms with van der Waals surface area (Å²) in [5, 5.41) is 3.53. The molecule has 0 fully saturated rings. The molecule has 0 aliphatic heterocycles. The molecule has 0 aliphatic carbocycles. The third-order valence-electron chi connectivity index (χ3n) is 5.61. The molecule has 178 valence electrons. The number of hydrogen-bond donors (Lipinski definition) is 1. The topological polar surface area (TPSA) is 49.4 Å². The van der Waals surface area contributed by atoms with Crippen molar-refractivity contribution >= 4 is 35.2 Å². The number of carbonyl (C=O) groups is 2. The van der Waals surface area contributed by atoms with E-state index >= 15 is 0 Å². The first kappa shape index (κ1) is 25.9. The quantitative estimate of drug-likeness (QED) is 0.374. The SMILES string of the molecule is CCNC(=O)C(Cc1ccccc1)N(Cc1cccc(Cl)c1)C(=O)CSCc1ccccc1C. The molecule has 3 rings (SSSR count). The predicted octanol–water partition coefficient (Wildman–Crippen LogP) is 5.66. The van der Waals surface area contributed by atoms with Crippen molar-refractivity contribution in [2.75, 3.05) is 12.3 Å². The zero-order chi connectivity index (χ0) is 24.3. The lowest BCUT2D eigenvalue weighted by Crippen LogP contribution is -2.51. The summed E-state index contributed by atoms with van der Waals surface area (Å²) in [5.41, 5.74) is 4.33. The Balaban J connectivity index is 1.83. The van der Waals surface area contributed by atoms with Gasteiger partial charge < -0.3 is 10.2 Å². The third kappa shape index (κ3) is 7.64. The van der Waals surface area contributed by atoms with E-state index in [1.54, 1.807) is 22.7 Å². The minimum absolute atomic E-state index is 0.0641. The second-order valence-corrected chi connectivity index (χ2v) is 9.59. The van der Waals surface area contributed by atoms with E-state index in [1.807, 2.05) is 67.6 Å². The van der Waals surface area contributed by atoms with Gasteiger partial charge in [-0.3, -0.25) is 9.59 Å². The van der Waals surface area contributed by atoms with E-state index in [2.05, 4.69) is 24.4 Å². The van der Waals surface area contributed by atoms with Crippen LogP contribution in [-0.4, -0.2) is 35.1 Å². The number of carbonyl (C=O) groups excluding carboxylic acids is 2. The van der Waals surface area contributed by atoms with Crippen molar-refractivity contribution in [3.8, 4) is 0 Å². The van der Waals surface area contributed by atoms with Gasteiger partial charge >= 0.3 is 0 Å². The van der Waals surface area contributed by atoms with Crippen molar-refractivity contribution in [1.29, 1.82) is 0 Å². The Labute approximate surface area is 211 Å². The smallest absolute Gasteiger partial charge is 0.243 e. The first-order valence-electron chi connectivity index (χ1n) is 11.5.